The van der Waals surface area contributed by atoms with Crippen LogP contribution in [0.5, 0.6) is 0 Å². The molecule has 0 amide bonds. The van der Waals surface area contributed by atoms with Crippen molar-refractivity contribution < 1.29 is 0 Å². The Hall–Kier alpha value is -0.860. The van der Waals surface area contributed by atoms with Crippen LogP contribution in [0.3, 0.4) is 0 Å². The van der Waals surface area contributed by atoms with Crippen molar-refractivity contribution in [3.63, 3.8) is 0 Å². The van der Waals surface area contributed by atoms with Crippen LogP contribution in [-0.4, -0.2) is 31.7 Å². The molecule has 0 aromatic carbocycles. The maximum absolute atomic E-state index is 4.12. The average molecular weight is 141 g/mol. The first kappa shape index (κ1) is 9.14. The summed E-state index contributed by atoms with van der Waals surface area (Å²) in [5.41, 5.74) is 0. The second-order valence-corrected chi connectivity index (χ2v) is 2.62. The van der Waals surface area contributed by atoms with Crippen LogP contribution in [0, 0.1) is 5.92 Å². The van der Waals surface area contributed by atoms with Gasteiger partial charge >= 0.3 is 0 Å². The van der Waals surface area contributed by atoms with E-state index in [4.69, 9.17) is 0 Å². The van der Waals surface area contributed by atoms with Gasteiger partial charge in [-0.3, -0.25) is 0 Å². The highest BCUT2D eigenvalue weighted by molar-refractivity contribution is 5.87. The van der Waals surface area contributed by atoms with Gasteiger partial charge in [-0.1, -0.05) is 13.8 Å². The van der Waals surface area contributed by atoms with Crippen molar-refractivity contribution in [1.82, 2.24) is 5.01 Å². The van der Waals surface area contributed by atoms with Gasteiger partial charge in [0.15, 0.2) is 0 Å². The molecule has 0 saturated carbocycles. The van der Waals surface area contributed by atoms with Gasteiger partial charge in [0.25, 0.3) is 0 Å². The van der Waals surface area contributed by atoms with Crippen molar-refractivity contribution in [3.05, 3.63) is 0 Å². The lowest BCUT2D eigenvalue weighted by atomic mass is 10.2. The van der Waals surface area contributed by atoms with Crippen molar-refractivity contribution >= 4 is 12.6 Å². The van der Waals surface area contributed by atoms with Gasteiger partial charge in [0.1, 0.15) is 5.84 Å². The van der Waals surface area contributed by atoms with Gasteiger partial charge in [0.05, 0.1) is 0 Å². The molecule has 10 heavy (non-hydrogen) atoms. The third-order valence-electron chi connectivity index (χ3n) is 0.981. The van der Waals surface area contributed by atoms with E-state index < -0.39 is 0 Å². The number of hydrazone groups is 1. The van der Waals surface area contributed by atoms with Gasteiger partial charge in [0, 0.05) is 20.0 Å². The molecule has 3 nitrogen and oxygen atoms in total. The Bertz CT molecular complexity index is 136. The van der Waals surface area contributed by atoms with Crippen LogP contribution in [0.2, 0.25) is 0 Å². The maximum atomic E-state index is 4.12. The second kappa shape index (κ2) is 4.04. The molecule has 0 heterocycles. The van der Waals surface area contributed by atoms with Gasteiger partial charge in [-0.05, 0) is 6.72 Å². The standard InChI is InChI=1S/C7H15N3/c1-6(2)7(8-3)9-10(4)5/h6H,3H2,1-2,4-5H3/b9-7-. The van der Waals surface area contributed by atoms with Crippen molar-refractivity contribution in [2.24, 2.45) is 16.0 Å². The molecular formula is C7H15N3. The molecule has 0 fully saturated rings. The summed E-state index contributed by atoms with van der Waals surface area (Å²) in [6.45, 7) is 7.51. The van der Waals surface area contributed by atoms with E-state index in [1.807, 2.05) is 27.9 Å². The van der Waals surface area contributed by atoms with Gasteiger partial charge in [-0.15, -0.1) is 0 Å². The SMILES string of the molecule is C=N/C(=N\N(C)C)C(C)C. The highest BCUT2D eigenvalue weighted by Crippen LogP contribution is 1.98. The quantitative estimate of drug-likeness (QED) is 0.323. The molecule has 0 aliphatic rings. The van der Waals surface area contributed by atoms with Crippen molar-refractivity contribution in [3.8, 4) is 0 Å². The minimum Gasteiger partial charge on any atom is -0.301 e. The summed E-state index contributed by atoms with van der Waals surface area (Å²) in [6.07, 6.45) is 0. The zero-order chi connectivity index (χ0) is 8.15. The summed E-state index contributed by atoms with van der Waals surface area (Å²) in [5, 5.41) is 5.84. The average Bonchev–Trinajstić information content (AvgIpc) is 1.81. The number of hydrogen-bond acceptors (Lipinski definition) is 2. The highest BCUT2D eigenvalue weighted by Gasteiger charge is 2.00. The Morgan fingerprint density at radius 1 is 1.40 bits per heavy atom. The van der Waals surface area contributed by atoms with Crippen LogP contribution in [0.25, 0.3) is 0 Å². The lowest BCUT2D eigenvalue weighted by Gasteiger charge is -2.08. The lowest BCUT2D eigenvalue weighted by molar-refractivity contribution is 0.433. The first-order chi connectivity index (χ1) is 4.57. The molecule has 0 atom stereocenters. The van der Waals surface area contributed by atoms with Gasteiger partial charge < -0.3 is 5.01 Å². The fourth-order valence-electron chi connectivity index (χ4n) is 0.535. The van der Waals surface area contributed by atoms with Crippen molar-refractivity contribution in [2.75, 3.05) is 14.1 Å². The summed E-state index contributed by atoms with van der Waals surface area (Å²) >= 11 is 0. The van der Waals surface area contributed by atoms with Crippen molar-refractivity contribution in [1.29, 1.82) is 0 Å². The van der Waals surface area contributed by atoms with E-state index in [-0.39, 0.29) is 0 Å². The monoisotopic (exact) mass is 141 g/mol. The number of amidine groups is 1. The molecule has 0 aliphatic heterocycles. The highest BCUT2D eigenvalue weighted by atomic mass is 15.4. The van der Waals surface area contributed by atoms with Crippen LogP contribution < -0.4 is 0 Å². The largest absolute Gasteiger partial charge is 0.301 e. The molecule has 0 radical (unpaired) electrons. The molecule has 0 bridgehead atoms. The normalized spacial score (nSPS) is 11.9. The van der Waals surface area contributed by atoms with Crippen LogP contribution in [0.1, 0.15) is 13.8 Å². The van der Waals surface area contributed by atoms with E-state index in [0.717, 1.165) is 5.84 Å². The van der Waals surface area contributed by atoms with E-state index in [0.29, 0.717) is 5.92 Å². The van der Waals surface area contributed by atoms with Crippen LogP contribution in [0.4, 0.5) is 0 Å². The van der Waals surface area contributed by atoms with Gasteiger partial charge in [-0.25, -0.2) is 4.99 Å². The fourth-order valence-corrected chi connectivity index (χ4v) is 0.535. The number of hydrogen-bond donors (Lipinski definition) is 0. The van der Waals surface area contributed by atoms with Crippen molar-refractivity contribution in [2.45, 2.75) is 13.8 Å². The molecule has 0 rings (SSSR count). The van der Waals surface area contributed by atoms with Crippen LogP contribution in [0.15, 0.2) is 10.1 Å². The van der Waals surface area contributed by atoms with Crippen LogP contribution in [-0.2, 0) is 0 Å². The minimum atomic E-state index is 0.347. The Labute approximate surface area is 62.4 Å². The molecule has 0 aromatic heterocycles. The zero-order valence-electron chi connectivity index (χ0n) is 7.13. The Balaban J connectivity index is 4.18. The summed E-state index contributed by atoms with van der Waals surface area (Å²) in [4.78, 5) is 3.79. The molecular weight excluding hydrogens is 126 g/mol. The lowest BCUT2D eigenvalue weighted by Crippen LogP contribution is -2.11. The number of rotatable bonds is 2. The fraction of sp³-hybridized carbons (Fsp3) is 0.714. The first-order valence-corrected chi connectivity index (χ1v) is 3.30. The Kier molecular flexibility index (Phi) is 3.69. The predicted octanol–water partition coefficient (Wildman–Crippen LogP) is 1.22. The molecule has 58 valence electrons. The Morgan fingerprint density at radius 2 is 1.90 bits per heavy atom. The Morgan fingerprint density at radius 3 is 2.00 bits per heavy atom. The summed E-state index contributed by atoms with van der Waals surface area (Å²) in [6, 6.07) is 0. The maximum Gasteiger partial charge on any atom is 0.150 e. The predicted molar refractivity (Wildman–Crippen MR) is 45.5 cm³/mol. The number of nitrogens with zero attached hydrogens (tertiary/aromatic N) is 3. The summed E-state index contributed by atoms with van der Waals surface area (Å²) in [7, 11) is 3.74. The topological polar surface area (TPSA) is 28.0 Å². The van der Waals surface area contributed by atoms with E-state index >= 15 is 0 Å². The smallest absolute Gasteiger partial charge is 0.150 e. The molecule has 0 saturated heterocycles. The molecule has 0 aromatic rings. The molecule has 0 unspecified atom stereocenters. The second-order valence-electron chi connectivity index (χ2n) is 2.62. The van der Waals surface area contributed by atoms with Gasteiger partial charge in [0.2, 0.25) is 0 Å². The third kappa shape index (κ3) is 3.22. The first-order valence-electron chi connectivity index (χ1n) is 3.30. The summed E-state index contributed by atoms with van der Waals surface area (Å²) < 4.78 is 0. The molecule has 0 spiro atoms. The van der Waals surface area contributed by atoms with E-state index in [1.54, 1.807) is 5.01 Å². The van der Waals surface area contributed by atoms with E-state index in [2.05, 4.69) is 16.8 Å². The van der Waals surface area contributed by atoms with E-state index in [1.165, 1.54) is 0 Å². The number of aliphatic imine (C=N–C) groups is 1. The van der Waals surface area contributed by atoms with E-state index in [9.17, 15) is 0 Å². The van der Waals surface area contributed by atoms with Crippen LogP contribution >= 0.6 is 0 Å². The zero-order valence-corrected chi connectivity index (χ0v) is 7.13. The summed E-state index contributed by atoms with van der Waals surface area (Å²) in [5.74, 6) is 1.13. The molecule has 0 aliphatic carbocycles. The third-order valence-corrected chi connectivity index (χ3v) is 0.981. The van der Waals surface area contributed by atoms with Gasteiger partial charge in [-0.2, -0.15) is 5.10 Å². The molecule has 0 N–H and O–H groups in total. The molecule has 3 heteroatoms. The minimum absolute atomic E-state index is 0.347.